The van der Waals surface area contributed by atoms with Gasteiger partial charge in [-0.3, -0.25) is 4.79 Å². The number of benzene rings is 2. The number of halogens is 3. The number of pyridine rings is 1. The molecular formula is C18H12ClF2N3O. The van der Waals surface area contributed by atoms with Gasteiger partial charge in [-0.25, -0.2) is 13.8 Å². The number of carbonyl (C=O) groups excluding carboxylic acids is 1. The molecule has 0 aliphatic heterocycles. The molecule has 0 saturated carbocycles. The van der Waals surface area contributed by atoms with Gasteiger partial charge in [0.1, 0.15) is 17.3 Å². The van der Waals surface area contributed by atoms with Crippen molar-refractivity contribution in [2.24, 2.45) is 0 Å². The van der Waals surface area contributed by atoms with Crippen molar-refractivity contribution in [1.29, 1.82) is 0 Å². The number of hydrogen-bond donors (Lipinski definition) is 2. The van der Waals surface area contributed by atoms with E-state index in [0.717, 1.165) is 6.07 Å². The van der Waals surface area contributed by atoms with Gasteiger partial charge in [0.2, 0.25) is 0 Å². The molecule has 1 aromatic heterocycles. The van der Waals surface area contributed by atoms with Crippen LogP contribution in [0.3, 0.4) is 0 Å². The largest absolute Gasteiger partial charge is 0.354 e. The van der Waals surface area contributed by atoms with Gasteiger partial charge in [0.15, 0.2) is 0 Å². The molecule has 0 saturated heterocycles. The molecule has 0 radical (unpaired) electrons. The predicted octanol–water partition coefficient (Wildman–Crippen LogP) is 5.01. The van der Waals surface area contributed by atoms with Crippen LogP contribution in [0.4, 0.5) is 25.8 Å². The Labute approximate surface area is 147 Å². The molecule has 2 aromatic carbocycles. The highest BCUT2D eigenvalue weighted by molar-refractivity contribution is 6.31. The van der Waals surface area contributed by atoms with Gasteiger partial charge in [-0.05, 0) is 48.5 Å². The molecule has 7 heteroatoms. The molecule has 3 rings (SSSR count). The molecule has 0 unspecified atom stereocenters. The highest BCUT2D eigenvalue weighted by Crippen LogP contribution is 2.20. The maximum absolute atomic E-state index is 13.2. The normalized spacial score (nSPS) is 10.4. The summed E-state index contributed by atoms with van der Waals surface area (Å²) in [6.07, 6.45) is 1.46. The molecule has 4 nitrogen and oxygen atoms in total. The van der Waals surface area contributed by atoms with E-state index in [1.54, 1.807) is 18.2 Å². The van der Waals surface area contributed by atoms with E-state index in [1.165, 1.54) is 36.5 Å². The lowest BCUT2D eigenvalue weighted by atomic mass is 10.2. The molecule has 0 bridgehead atoms. The molecule has 2 N–H and O–H groups in total. The molecule has 1 heterocycles. The topological polar surface area (TPSA) is 54.0 Å². The van der Waals surface area contributed by atoms with Crippen LogP contribution in [0.25, 0.3) is 0 Å². The Morgan fingerprint density at radius 3 is 2.44 bits per heavy atom. The molecule has 0 spiro atoms. The lowest BCUT2D eigenvalue weighted by molar-refractivity contribution is 0.102. The fourth-order valence-electron chi connectivity index (χ4n) is 2.10. The molecule has 0 atom stereocenters. The van der Waals surface area contributed by atoms with Gasteiger partial charge < -0.3 is 10.6 Å². The number of amides is 1. The predicted molar refractivity (Wildman–Crippen MR) is 93.3 cm³/mol. The van der Waals surface area contributed by atoms with Gasteiger partial charge >= 0.3 is 0 Å². The summed E-state index contributed by atoms with van der Waals surface area (Å²) in [6.45, 7) is 0. The summed E-state index contributed by atoms with van der Waals surface area (Å²) in [4.78, 5) is 16.2. The number of anilines is 3. The zero-order chi connectivity index (χ0) is 17.8. The van der Waals surface area contributed by atoms with Gasteiger partial charge in [0.25, 0.3) is 5.91 Å². The first kappa shape index (κ1) is 16.9. The molecule has 25 heavy (non-hydrogen) atoms. The van der Waals surface area contributed by atoms with E-state index in [9.17, 15) is 13.6 Å². The minimum Gasteiger partial charge on any atom is -0.354 e. The first-order valence-corrected chi connectivity index (χ1v) is 7.64. The van der Waals surface area contributed by atoms with E-state index in [1.807, 2.05) is 0 Å². The number of nitrogens with one attached hydrogen (secondary N) is 2. The van der Waals surface area contributed by atoms with E-state index in [0.29, 0.717) is 17.1 Å². The minimum absolute atomic E-state index is 0.0830. The Morgan fingerprint density at radius 2 is 1.76 bits per heavy atom. The third-order valence-electron chi connectivity index (χ3n) is 3.29. The van der Waals surface area contributed by atoms with Crippen LogP contribution < -0.4 is 10.6 Å². The average Bonchev–Trinajstić information content (AvgIpc) is 2.59. The van der Waals surface area contributed by atoms with Crippen molar-refractivity contribution < 1.29 is 13.6 Å². The maximum atomic E-state index is 13.2. The summed E-state index contributed by atoms with van der Waals surface area (Å²) in [6, 6.07) is 13.0. The third kappa shape index (κ3) is 4.30. The number of hydrogen-bond acceptors (Lipinski definition) is 3. The molecule has 0 aliphatic carbocycles. The maximum Gasteiger partial charge on any atom is 0.274 e. The van der Waals surface area contributed by atoms with E-state index in [4.69, 9.17) is 11.6 Å². The summed E-state index contributed by atoms with van der Waals surface area (Å²) < 4.78 is 26.3. The van der Waals surface area contributed by atoms with Gasteiger partial charge in [0.05, 0.1) is 16.9 Å². The average molecular weight is 360 g/mol. The second kappa shape index (κ2) is 7.27. The lowest BCUT2D eigenvalue weighted by Gasteiger charge is -2.08. The zero-order valence-electron chi connectivity index (χ0n) is 12.8. The fourth-order valence-corrected chi connectivity index (χ4v) is 2.28. The Kier molecular flexibility index (Phi) is 4.90. The van der Waals surface area contributed by atoms with Crippen molar-refractivity contribution >= 4 is 34.6 Å². The molecule has 126 valence electrons. The van der Waals surface area contributed by atoms with Gasteiger partial charge in [-0.2, -0.15) is 0 Å². The first-order valence-electron chi connectivity index (χ1n) is 7.26. The van der Waals surface area contributed by atoms with Crippen molar-refractivity contribution in [3.8, 4) is 0 Å². The lowest BCUT2D eigenvalue weighted by Crippen LogP contribution is -2.13. The van der Waals surface area contributed by atoms with Crippen molar-refractivity contribution in [1.82, 2.24) is 4.98 Å². The molecule has 0 fully saturated rings. The Morgan fingerprint density at radius 1 is 0.960 bits per heavy atom. The quantitative estimate of drug-likeness (QED) is 0.688. The number of rotatable bonds is 4. The van der Waals surface area contributed by atoms with Gasteiger partial charge in [-0.15, -0.1) is 0 Å². The Balaban J connectivity index is 1.68. The molecule has 0 aliphatic rings. The summed E-state index contributed by atoms with van der Waals surface area (Å²) >= 11 is 5.68. The number of nitrogens with zero attached hydrogens (tertiary/aromatic N) is 1. The zero-order valence-corrected chi connectivity index (χ0v) is 13.5. The Hall–Kier alpha value is -2.99. The van der Waals surface area contributed by atoms with Crippen LogP contribution in [0.5, 0.6) is 0 Å². The third-order valence-corrected chi connectivity index (χ3v) is 3.58. The molecule has 1 amide bonds. The van der Waals surface area contributed by atoms with Gasteiger partial charge in [0, 0.05) is 11.4 Å². The first-order chi connectivity index (χ1) is 12.0. The van der Waals surface area contributed by atoms with E-state index in [-0.39, 0.29) is 16.5 Å². The van der Waals surface area contributed by atoms with Crippen LogP contribution in [-0.2, 0) is 0 Å². The van der Waals surface area contributed by atoms with Crippen LogP contribution >= 0.6 is 11.6 Å². The minimum atomic E-state index is -0.564. The smallest absolute Gasteiger partial charge is 0.274 e. The van der Waals surface area contributed by atoms with Crippen molar-refractivity contribution in [2.75, 3.05) is 10.6 Å². The summed E-state index contributed by atoms with van der Waals surface area (Å²) in [7, 11) is 0. The molecule has 3 aromatic rings. The van der Waals surface area contributed by atoms with Crippen LogP contribution in [0.1, 0.15) is 10.5 Å². The van der Waals surface area contributed by atoms with Crippen LogP contribution in [-0.4, -0.2) is 10.9 Å². The second-order valence-corrected chi connectivity index (χ2v) is 5.56. The van der Waals surface area contributed by atoms with Crippen molar-refractivity contribution in [3.63, 3.8) is 0 Å². The van der Waals surface area contributed by atoms with E-state index in [2.05, 4.69) is 15.6 Å². The fraction of sp³-hybridized carbons (Fsp3) is 0. The summed E-state index contributed by atoms with van der Waals surface area (Å²) in [5, 5.41) is 5.48. The monoisotopic (exact) mass is 359 g/mol. The van der Waals surface area contributed by atoms with Crippen molar-refractivity contribution in [2.45, 2.75) is 0 Å². The van der Waals surface area contributed by atoms with Crippen molar-refractivity contribution in [3.05, 3.63) is 83.1 Å². The second-order valence-electron chi connectivity index (χ2n) is 5.15. The number of carbonyl (C=O) groups is 1. The van der Waals surface area contributed by atoms with Crippen LogP contribution in [0.15, 0.2) is 60.8 Å². The van der Waals surface area contributed by atoms with Crippen LogP contribution in [0, 0.1) is 11.6 Å². The summed E-state index contributed by atoms with van der Waals surface area (Å²) in [5.74, 6) is -1.38. The molecular weight excluding hydrogens is 348 g/mol. The van der Waals surface area contributed by atoms with Crippen LogP contribution in [0.2, 0.25) is 5.02 Å². The Bertz CT molecular complexity index is 916. The highest BCUT2D eigenvalue weighted by Gasteiger charge is 2.09. The van der Waals surface area contributed by atoms with E-state index >= 15 is 0 Å². The van der Waals surface area contributed by atoms with E-state index < -0.39 is 11.7 Å². The number of aromatic nitrogens is 1. The van der Waals surface area contributed by atoms with Gasteiger partial charge in [-0.1, -0.05) is 17.7 Å². The SMILES string of the molecule is O=C(Nc1ccc(F)c(Cl)c1)c1ccc(Nc2cccc(F)c2)cn1. The standard InChI is InChI=1S/C18H12ClF2N3O/c19-15-9-13(4-6-16(15)21)24-18(25)17-7-5-14(10-22-17)23-12-3-1-2-11(20)8-12/h1-10,23H,(H,24,25). The summed E-state index contributed by atoms with van der Waals surface area (Å²) in [5.41, 5.74) is 1.71. The highest BCUT2D eigenvalue weighted by atomic mass is 35.5.